The normalized spacial score (nSPS) is 13.5. The summed E-state index contributed by atoms with van der Waals surface area (Å²) in [6, 6.07) is 51.8. The van der Waals surface area contributed by atoms with E-state index in [1.54, 1.807) is 0 Å². The Morgan fingerprint density at radius 3 is 1.84 bits per heavy atom. The Bertz CT molecular complexity index is 2440. The lowest BCUT2D eigenvalue weighted by Crippen LogP contribution is -2.24. The van der Waals surface area contributed by atoms with Crippen LogP contribution in [0.2, 0.25) is 0 Å². The first kappa shape index (κ1) is 25.9. The molecule has 0 saturated carbocycles. The van der Waals surface area contributed by atoms with Crippen LogP contribution in [-0.4, -0.2) is 0 Å². The molecule has 0 saturated heterocycles. The molecule has 0 atom stereocenters. The molecule has 0 spiro atoms. The Morgan fingerprint density at radius 1 is 0.444 bits per heavy atom. The summed E-state index contributed by atoms with van der Waals surface area (Å²) in [7, 11) is 0. The zero-order valence-corrected chi connectivity index (χ0v) is 25.2. The Balaban J connectivity index is 1.22. The summed E-state index contributed by atoms with van der Waals surface area (Å²) in [5.74, 6) is 1.85. The van der Waals surface area contributed by atoms with Crippen molar-refractivity contribution in [2.75, 3.05) is 0 Å². The summed E-state index contributed by atoms with van der Waals surface area (Å²) in [4.78, 5) is 0. The van der Waals surface area contributed by atoms with Gasteiger partial charge in [0, 0.05) is 27.3 Å². The fourth-order valence-corrected chi connectivity index (χ4v) is 7.28. The Hall–Kier alpha value is -5.60. The van der Waals surface area contributed by atoms with Gasteiger partial charge in [-0.15, -0.1) is 0 Å². The van der Waals surface area contributed by atoms with Crippen LogP contribution in [0.4, 0.5) is 0 Å². The van der Waals surface area contributed by atoms with E-state index in [0.717, 1.165) is 39.0 Å². The Kier molecular flexibility index (Phi) is 5.58. The van der Waals surface area contributed by atoms with E-state index in [2.05, 4.69) is 153 Å². The van der Waals surface area contributed by atoms with Crippen LogP contribution < -0.4 is 4.74 Å². The fourth-order valence-electron chi connectivity index (χ4n) is 7.28. The maximum absolute atomic E-state index is 6.51. The molecule has 2 nitrogen and oxygen atoms in total. The SMILES string of the molecule is CC1(C)c2ccccc2Oc2cc(-c3ccccc3-c3ccccc3-c3cccc4oc5cc6ccccc6cc5c34)ccc21. The van der Waals surface area contributed by atoms with E-state index in [1.165, 1.54) is 49.7 Å². The predicted molar refractivity (Wildman–Crippen MR) is 186 cm³/mol. The number of benzene rings is 7. The van der Waals surface area contributed by atoms with Crippen molar-refractivity contribution in [1.82, 2.24) is 0 Å². The molecule has 0 unspecified atom stereocenters. The summed E-state index contributed by atoms with van der Waals surface area (Å²) in [6.07, 6.45) is 0. The molecule has 0 fully saturated rings. The van der Waals surface area contributed by atoms with Crippen LogP contribution in [0, 0.1) is 0 Å². The summed E-state index contributed by atoms with van der Waals surface area (Å²) in [6.45, 7) is 4.56. The smallest absolute Gasteiger partial charge is 0.136 e. The van der Waals surface area contributed by atoms with E-state index in [-0.39, 0.29) is 5.41 Å². The number of hydrogen-bond donors (Lipinski definition) is 0. The van der Waals surface area contributed by atoms with Crippen LogP contribution >= 0.6 is 0 Å². The molecule has 0 bridgehead atoms. The number of fused-ring (bicyclic) bond motifs is 6. The van der Waals surface area contributed by atoms with Gasteiger partial charge in [-0.05, 0) is 74.5 Å². The van der Waals surface area contributed by atoms with Crippen LogP contribution in [0.1, 0.15) is 25.0 Å². The van der Waals surface area contributed by atoms with Crippen molar-refractivity contribution in [1.29, 1.82) is 0 Å². The van der Waals surface area contributed by atoms with Gasteiger partial charge in [0.05, 0.1) is 0 Å². The third kappa shape index (κ3) is 3.96. The monoisotopic (exact) mass is 578 g/mol. The predicted octanol–water partition coefficient (Wildman–Crippen LogP) is 12.2. The van der Waals surface area contributed by atoms with Crippen molar-refractivity contribution in [2.45, 2.75) is 19.3 Å². The minimum Gasteiger partial charge on any atom is -0.457 e. The number of ether oxygens (including phenoxy) is 1. The first-order valence-electron chi connectivity index (χ1n) is 15.5. The second-order valence-electron chi connectivity index (χ2n) is 12.5. The zero-order valence-electron chi connectivity index (χ0n) is 25.2. The zero-order chi connectivity index (χ0) is 30.1. The molecule has 0 aliphatic carbocycles. The van der Waals surface area contributed by atoms with Crippen LogP contribution in [0.15, 0.2) is 150 Å². The topological polar surface area (TPSA) is 22.4 Å². The van der Waals surface area contributed by atoms with Crippen molar-refractivity contribution >= 4 is 32.7 Å². The second-order valence-corrected chi connectivity index (χ2v) is 12.5. The fraction of sp³-hybridized carbons (Fsp3) is 0.0698. The van der Waals surface area contributed by atoms with Gasteiger partial charge in [-0.3, -0.25) is 0 Å². The average Bonchev–Trinajstić information content (AvgIpc) is 3.44. The van der Waals surface area contributed by atoms with Crippen molar-refractivity contribution in [3.8, 4) is 44.9 Å². The van der Waals surface area contributed by atoms with Crippen molar-refractivity contribution < 1.29 is 9.15 Å². The van der Waals surface area contributed by atoms with E-state index in [0.29, 0.717) is 0 Å². The molecule has 1 aliphatic heterocycles. The maximum Gasteiger partial charge on any atom is 0.136 e. The Morgan fingerprint density at radius 2 is 1.04 bits per heavy atom. The van der Waals surface area contributed by atoms with Crippen molar-refractivity contribution in [3.05, 3.63) is 157 Å². The van der Waals surface area contributed by atoms with Gasteiger partial charge in [-0.25, -0.2) is 0 Å². The lowest BCUT2D eigenvalue weighted by molar-refractivity contribution is 0.418. The van der Waals surface area contributed by atoms with Crippen LogP contribution in [-0.2, 0) is 5.41 Å². The molecule has 0 radical (unpaired) electrons. The molecule has 9 rings (SSSR count). The summed E-state index contributed by atoms with van der Waals surface area (Å²) in [5, 5.41) is 4.67. The van der Waals surface area contributed by atoms with Crippen molar-refractivity contribution in [3.63, 3.8) is 0 Å². The molecule has 45 heavy (non-hydrogen) atoms. The van der Waals surface area contributed by atoms with Gasteiger partial charge in [0.25, 0.3) is 0 Å². The quantitative estimate of drug-likeness (QED) is 0.208. The summed E-state index contributed by atoms with van der Waals surface area (Å²) in [5.41, 5.74) is 11.1. The minimum atomic E-state index is -0.147. The summed E-state index contributed by atoms with van der Waals surface area (Å²) < 4.78 is 13.0. The van der Waals surface area contributed by atoms with Gasteiger partial charge < -0.3 is 9.15 Å². The molecule has 1 aromatic heterocycles. The van der Waals surface area contributed by atoms with Gasteiger partial charge in [0.1, 0.15) is 22.7 Å². The largest absolute Gasteiger partial charge is 0.457 e. The van der Waals surface area contributed by atoms with Crippen LogP contribution in [0.25, 0.3) is 66.1 Å². The average molecular weight is 579 g/mol. The first-order valence-corrected chi connectivity index (χ1v) is 15.5. The number of para-hydroxylation sites is 1. The highest BCUT2D eigenvalue weighted by molar-refractivity contribution is 6.16. The molecule has 214 valence electrons. The Labute approximate surface area is 262 Å². The molecular formula is C43H30O2. The molecule has 1 aliphatic rings. The highest BCUT2D eigenvalue weighted by Gasteiger charge is 2.34. The molecular weight excluding hydrogens is 548 g/mol. The second kappa shape index (κ2) is 9.70. The van der Waals surface area contributed by atoms with Gasteiger partial charge in [-0.2, -0.15) is 0 Å². The van der Waals surface area contributed by atoms with Gasteiger partial charge >= 0.3 is 0 Å². The minimum absolute atomic E-state index is 0.147. The molecule has 0 amide bonds. The molecule has 2 heterocycles. The lowest BCUT2D eigenvalue weighted by Gasteiger charge is -2.34. The lowest BCUT2D eigenvalue weighted by atomic mass is 9.75. The van der Waals surface area contributed by atoms with E-state index in [9.17, 15) is 0 Å². The third-order valence-electron chi connectivity index (χ3n) is 9.54. The van der Waals surface area contributed by atoms with E-state index >= 15 is 0 Å². The van der Waals surface area contributed by atoms with E-state index in [1.807, 2.05) is 6.07 Å². The third-order valence-corrected chi connectivity index (χ3v) is 9.54. The van der Waals surface area contributed by atoms with Gasteiger partial charge in [-0.1, -0.05) is 129 Å². The first-order chi connectivity index (χ1) is 22.1. The van der Waals surface area contributed by atoms with Crippen LogP contribution in [0.3, 0.4) is 0 Å². The number of rotatable bonds is 3. The molecule has 0 N–H and O–H groups in total. The van der Waals surface area contributed by atoms with Crippen molar-refractivity contribution in [2.24, 2.45) is 0 Å². The molecule has 8 aromatic rings. The van der Waals surface area contributed by atoms with E-state index in [4.69, 9.17) is 9.15 Å². The van der Waals surface area contributed by atoms with Crippen LogP contribution in [0.5, 0.6) is 11.5 Å². The molecule has 2 heteroatoms. The highest BCUT2D eigenvalue weighted by Crippen LogP contribution is 2.50. The summed E-state index contributed by atoms with van der Waals surface area (Å²) >= 11 is 0. The number of furan rings is 1. The highest BCUT2D eigenvalue weighted by atomic mass is 16.5. The van der Waals surface area contributed by atoms with Gasteiger partial charge in [0.2, 0.25) is 0 Å². The van der Waals surface area contributed by atoms with Gasteiger partial charge in [0.15, 0.2) is 0 Å². The molecule has 7 aromatic carbocycles. The maximum atomic E-state index is 6.51. The van der Waals surface area contributed by atoms with E-state index < -0.39 is 0 Å². The number of hydrogen-bond acceptors (Lipinski definition) is 2. The standard InChI is InChI=1S/C43H30O2/c1-43(2)36-19-9-10-20-38(36)44-41-26-29(22-23-37(41)43)30-14-5-6-15-31(30)32-16-7-8-17-33(32)34-18-11-21-39-42(34)35-24-27-12-3-4-13-28(27)25-40(35)45-39/h3-26H,1-2H3.